The van der Waals surface area contributed by atoms with Crippen LogP contribution < -0.4 is 10.6 Å². The Morgan fingerprint density at radius 3 is 2.46 bits per heavy atom. The zero-order valence-corrected chi connectivity index (χ0v) is 17.2. The molecule has 0 bridgehead atoms. The van der Waals surface area contributed by atoms with E-state index >= 15 is 0 Å². The van der Waals surface area contributed by atoms with Gasteiger partial charge < -0.3 is 15.1 Å². The number of piperidine rings is 1. The lowest BCUT2D eigenvalue weighted by Gasteiger charge is -2.34. The second kappa shape index (κ2) is 11.6. The third-order valence-electron chi connectivity index (χ3n) is 4.33. The van der Waals surface area contributed by atoms with E-state index in [1.807, 2.05) is 19.2 Å². The Bertz CT molecular complexity index is 632. The van der Waals surface area contributed by atoms with Gasteiger partial charge in [-0.2, -0.15) is 0 Å². The van der Waals surface area contributed by atoms with Crippen molar-refractivity contribution in [1.82, 2.24) is 20.4 Å². The van der Waals surface area contributed by atoms with Crippen molar-refractivity contribution in [3.63, 3.8) is 0 Å². The molecule has 9 heteroatoms. The molecule has 1 atom stereocenters. The molecule has 1 aliphatic heterocycles. The predicted molar refractivity (Wildman–Crippen MR) is 110 cm³/mol. The summed E-state index contributed by atoms with van der Waals surface area (Å²) in [5, 5.41) is 15.1. The summed E-state index contributed by atoms with van der Waals surface area (Å²) in [4.78, 5) is 2.52. The van der Waals surface area contributed by atoms with E-state index in [2.05, 4.69) is 37.9 Å². The van der Waals surface area contributed by atoms with Gasteiger partial charge in [0.05, 0.1) is 12.6 Å². The standard InChI is InChI=1S/C17H24ClN5O.2ClH/c1-19-12-16-21-22-17(24-16)20-11-15(23-9-3-2-4-10-23)13-5-7-14(18)8-6-13;;/h5-8,15,19H,2-4,9-12H2,1H3,(H,20,22);2*1H. The molecule has 26 heavy (non-hydrogen) atoms. The van der Waals surface area contributed by atoms with Crippen molar-refractivity contribution in [2.24, 2.45) is 0 Å². The summed E-state index contributed by atoms with van der Waals surface area (Å²) in [7, 11) is 1.85. The highest BCUT2D eigenvalue weighted by atomic mass is 35.5. The van der Waals surface area contributed by atoms with E-state index in [0.29, 0.717) is 18.5 Å². The van der Waals surface area contributed by atoms with Crippen molar-refractivity contribution in [3.05, 3.63) is 40.7 Å². The molecule has 0 radical (unpaired) electrons. The molecule has 146 valence electrons. The zero-order chi connectivity index (χ0) is 16.8. The van der Waals surface area contributed by atoms with Gasteiger partial charge >= 0.3 is 6.01 Å². The average Bonchev–Trinajstić information content (AvgIpc) is 3.05. The topological polar surface area (TPSA) is 66.2 Å². The fourth-order valence-corrected chi connectivity index (χ4v) is 3.23. The summed E-state index contributed by atoms with van der Waals surface area (Å²) in [6.07, 6.45) is 3.81. The number of halogens is 3. The van der Waals surface area contributed by atoms with Gasteiger partial charge in [-0.3, -0.25) is 4.90 Å². The minimum absolute atomic E-state index is 0. The van der Waals surface area contributed by atoms with Crippen LogP contribution in [-0.2, 0) is 6.54 Å². The van der Waals surface area contributed by atoms with Gasteiger partial charge in [0.1, 0.15) is 0 Å². The van der Waals surface area contributed by atoms with Crippen LogP contribution in [-0.4, -0.2) is 41.8 Å². The Hall–Kier alpha value is -1.05. The molecule has 1 aromatic heterocycles. The highest BCUT2D eigenvalue weighted by Crippen LogP contribution is 2.26. The first-order chi connectivity index (χ1) is 11.8. The average molecular weight is 423 g/mol. The van der Waals surface area contributed by atoms with E-state index < -0.39 is 0 Å². The lowest BCUT2D eigenvalue weighted by Crippen LogP contribution is -2.37. The maximum Gasteiger partial charge on any atom is 0.315 e. The fraction of sp³-hybridized carbons (Fsp3) is 0.529. The second-order valence-electron chi connectivity index (χ2n) is 6.08. The number of hydrogen-bond acceptors (Lipinski definition) is 6. The minimum Gasteiger partial charge on any atom is -0.407 e. The Labute approximate surface area is 171 Å². The first-order valence-electron chi connectivity index (χ1n) is 8.46. The largest absolute Gasteiger partial charge is 0.407 e. The van der Waals surface area contributed by atoms with E-state index in [9.17, 15) is 0 Å². The smallest absolute Gasteiger partial charge is 0.315 e. The highest BCUT2D eigenvalue weighted by Gasteiger charge is 2.22. The van der Waals surface area contributed by atoms with E-state index in [1.54, 1.807) is 0 Å². The SMILES string of the molecule is CNCc1nnc(NCC(c2ccc(Cl)cc2)N2CCCCC2)o1.Cl.Cl. The molecule has 1 fully saturated rings. The molecule has 3 rings (SSSR count). The van der Waals surface area contributed by atoms with Gasteiger partial charge in [-0.1, -0.05) is 35.3 Å². The molecule has 0 spiro atoms. The lowest BCUT2D eigenvalue weighted by molar-refractivity contribution is 0.170. The van der Waals surface area contributed by atoms with Crippen molar-refractivity contribution in [1.29, 1.82) is 0 Å². The van der Waals surface area contributed by atoms with Gasteiger partial charge in [-0.05, 0) is 50.7 Å². The molecule has 1 aromatic carbocycles. The number of likely N-dealkylation sites (tertiary alicyclic amines) is 1. The fourth-order valence-electron chi connectivity index (χ4n) is 3.10. The molecule has 1 saturated heterocycles. The first kappa shape index (κ1) is 23.0. The van der Waals surface area contributed by atoms with Crippen molar-refractivity contribution in [3.8, 4) is 0 Å². The van der Waals surface area contributed by atoms with Gasteiger partial charge in [0.25, 0.3) is 0 Å². The number of aromatic nitrogens is 2. The highest BCUT2D eigenvalue weighted by molar-refractivity contribution is 6.30. The molecular weight excluding hydrogens is 397 g/mol. The van der Waals surface area contributed by atoms with Crippen LogP contribution in [0, 0.1) is 0 Å². The molecule has 6 nitrogen and oxygen atoms in total. The number of nitrogens with zero attached hydrogens (tertiary/aromatic N) is 3. The molecular formula is C17H26Cl3N5O. The van der Waals surface area contributed by atoms with Gasteiger partial charge in [-0.25, -0.2) is 0 Å². The molecule has 2 aromatic rings. The van der Waals surface area contributed by atoms with E-state index in [1.165, 1.54) is 24.8 Å². The number of rotatable bonds is 7. The van der Waals surface area contributed by atoms with Crippen molar-refractivity contribution < 1.29 is 4.42 Å². The summed E-state index contributed by atoms with van der Waals surface area (Å²) in [5.74, 6) is 0.584. The monoisotopic (exact) mass is 421 g/mol. The molecule has 0 amide bonds. The molecule has 0 saturated carbocycles. The van der Waals surface area contributed by atoms with Crippen LogP contribution >= 0.6 is 36.4 Å². The summed E-state index contributed by atoms with van der Waals surface area (Å²) in [5.41, 5.74) is 1.25. The minimum atomic E-state index is 0. The van der Waals surface area contributed by atoms with Crippen molar-refractivity contribution >= 4 is 42.4 Å². The number of nitrogens with one attached hydrogen (secondary N) is 2. The van der Waals surface area contributed by atoms with Gasteiger partial charge in [-0.15, -0.1) is 29.9 Å². The Morgan fingerprint density at radius 2 is 1.81 bits per heavy atom. The third kappa shape index (κ3) is 6.28. The third-order valence-corrected chi connectivity index (χ3v) is 4.58. The predicted octanol–water partition coefficient (Wildman–Crippen LogP) is 3.93. The van der Waals surface area contributed by atoms with Crippen LogP contribution in [0.15, 0.2) is 28.7 Å². The summed E-state index contributed by atoms with van der Waals surface area (Å²) < 4.78 is 5.58. The van der Waals surface area contributed by atoms with Crippen LogP contribution in [0.2, 0.25) is 5.02 Å². The van der Waals surface area contributed by atoms with Crippen LogP contribution in [0.5, 0.6) is 0 Å². The second-order valence-corrected chi connectivity index (χ2v) is 6.51. The van der Waals surface area contributed by atoms with Crippen molar-refractivity contribution in [2.45, 2.75) is 31.8 Å². The van der Waals surface area contributed by atoms with Crippen molar-refractivity contribution in [2.75, 3.05) is 32.0 Å². The molecule has 1 unspecified atom stereocenters. The zero-order valence-electron chi connectivity index (χ0n) is 14.8. The van der Waals surface area contributed by atoms with Crippen LogP contribution in [0.4, 0.5) is 6.01 Å². The number of hydrogen-bond donors (Lipinski definition) is 2. The van der Waals surface area contributed by atoms with Gasteiger partial charge in [0, 0.05) is 11.6 Å². The normalized spacial score (nSPS) is 15.6. The van der Waals surface area contributed by atoms with E-state index in [4.69, 9.17) is 16.0 Å². The number of anilines is 1. The molecule has 2 N–H and O–H groups in total. The Kier molecular flexibility index (Phi) is 10.3. The maximum absolute atomic E-state index is 6.04. The van der Waals surface area contributed by atoms with Crippen LogP contribution in [0.1, 0.15) is 36.8 Å². The summed E-state index contributed by atoms with van der Waals surface area (Å²) in [6.45, 7) is 3.53. The lowest BCUT2D eigenvalue weighted by atomic mass is 10.0. The molecule has 2 heterocycles. The Balaban J connectivity index is 0.00000169. The van der Waals surface area contributed by atoms with Crippen LogP contribution in [0.25, 0.3) is 0 Å². The van der Waals surface area contributed by atoms with Crippen LogP contribution in [0.3, 0.4) is 0 Å². The Morgan fingerprint density at radius 1 is 1.12 bits per heavy atom. The summed E-state index contributed by atoms with van der Waals surface area (Å²) >= 11 is 6.04. The summed E-state index contributed by atoms with van der Waals surface area (Å²) in [6, 6.07) is 8.84. The van der Waals surface area contributed by atoms with E-state index in [0.717, 1.165) is 24.7 Å². The maximum atomic E-state index is 6.04. The molecule has 1 aliphatic rings. The first-order valence-corrected chi connectivity index (χ1v) is 8.84. The van der Waals surface area contributed by atoms with E-state index in [-0.39, 0.29) is 30.9 Å². The van der Waals surface area contributed by atoms with Gasteiger partial charge in [0.15, 0.2) is 0 Å². The number of benzene rings is 1. The quantitative estimate of drug-likeness (QED) is 0.705. The van der Waals surface area contributed by atoms with Gasteiger partial charge in [0.2, 0.25) is 5.89 Å². The molecule has 0 aliphatic carbocycles.